The highest BCUT2D eigenvalue weighted by molar-refractivity contribution is 5.76. The van der Waals surface area contributed by atoms with Gasteiger partial charge in [0.25, 0.3) is 0 Å². The van der Waals surface area contributed by atoms with E-state index in [4.69, 9.17) is 21.5 Å². The van der Waals surface area contributed by atoms with Gasteiger partial charge in [0.2, 0.25) is 5.96 Å². The SMILES string of the molecule is COCc1cc(C)nc(NN=C(N)N)c1C#N. The average molecular weight is 234 g/mol. The number of methoxy groups -OCH3 is 1. The van der Waals surface area contributed by atoms with Gasteiger partial charge in [-0.2, -0.15) is 5.26 Å². The van der Waals surface area contributed by atoms with Crippen LogP contribution in [0.15, 0.2) is 11.2 Å². The summed E-state index contributed by atoms with van der Waals surface area (Å²) in [6, 6.07) is 3.82. The van der Waals surface area contributed by atoms with Gasteiger partial charge in [-0.1, -0.05) is 0 Å². The molecule has 0 aliphatic heterocycles. The van der Waals surface area contributed by atoms with Gasteiger partial charge < -0.3 is 16.2 Å². The molecule has 1 aromatic rings. The van der Waals surface area contributed by atoms with Crippen LogP contribution >= 0.6 is 0 Å². The molecule has 0 aromatic carbocycles. The number of hydrogen-bond acceptors (Lipinski definition) is 5. The minimum atomic E-state index is -0.134. The Bertz CT molecular complexity index is 472. The number of ether oxygens (including phenoxy) is 1. The predicted molar refractivity (Wildman–Crippen MR) is 63.8 cm³/mol. The van der Waals surface area contributed by atoms with Crippen molar-refractivity contribution in [1.82, 2.24) is 4.98 Å². The van der Waals surface area contributed by atoms with Crippen LogP contribution in [0.2, 0.25) is 0 Å². The Hall–Kier alpha value is -2.33. The van der Waals surface area contributed by atoms with Gasteiger partial charge in [0.15, 0.2) is 5.82 Å². The average Bonchev–Trinajstić information content (AvgIpc) is 2.26. The first-order valence-electron chi connectivity index (χ1n) is 4.82. The van der Waals surface area contributed by atoms with E-state index in [2.05, 4.69) is 15.5 Å². The van der Waals surface area contributed by atoms with Gasteiger partial charge in [-0.25, -0.2) is 4.98 Å². The zero-order chi connectivity index (χ0) is 12.8. The quantitative estimate of drug-likeness (QED) is 0.383. The lowest BCUT2D eigenvalue weighted by Gasteiger charge is -2.09. The molecule has 0 saturated carbocycles. The maximum atomic E-state index is 9.09. The van der Waals surface area contributed by atoms with E-state index in [-0.39, 0.29) is 5.96 Å². The van der Waals surface area contributed by atoms with E-state index in [1.54, 1.807) is 20.1 Å². The van der Waals surface area contributed by atoms with Gasteiger partial charge in [0.1, 0.15) is 11.6 Å². The van der Waals surface area contributed by atoms with Crippen LogP contribution < -0.4 is 16.9 Å². The molecule has 17 heavy (non-hydrogen) atoms. The first kappa shape index (κ1) is 12.7. The summed E-state index contributed by atoms with van der Waals surface area (Å²) in [4.78, 5) is 4.15. The Morgan fingerprint density at radius 3 is 2.88 bits per heavy atom. The highest BCUT2D eigenvalue weighted by atomic mass is 16.5. The number of rotatable bonds is 4. The molecule has 0 saturated heterocycles. The maximum absolute atomic E-state index is 9.09. The molecule has 0 atom stereocenters. The summed E-state index contributed by atoms with van der Waals surface area (Å²) in [6.07, 6.45) is 0. The number of nitriles is 1. The molecular weight excluding hydrogens is 220 g/mol. The van der Waals surface area contributed by atoms with Crippen molar-refractivity contribution in [3.05, 3.63) is 22.9 Å². The van der Waals surface area contributed by atoms with Crippen LogP contribution in [0.4, 0.5) is 5.82 Å². The molecule has 7 heteroatoms. The third-order valence-electron chi connectivity index (χ3n) is 1.93. The molecule has 0 aliphatic rings. The minimum Gasteiger partial charge on any atom is -0.380 e. The number of nitrogens with two attached hydrogens (primary N) is 2. The number of hydrazone groups is 1. The number of hydrogen-bond donors (Lipinski definition) is 3. The van der Waals surface area contributed by atoms with Crippen LogP contribution in [0, 0.1) is 18.3 Å². The van der Waals surface area contributed by atoms with Crippen molar-refractivity contribution in [1.29, 1.82) is 5.26 Å². The van der Waals surface area contributed by atoms with Crippen LogP contribution in [0.25, 0.3) is 0 Å². The lowest BCUT2D eigenvalue weighted by atomic mass is 10.1. The summed E-state index contributed by atoms with van der Waals surface area (Å²) in [5.41, 5.74) is 14.8. The maximum Gasteiger partial charge on any atom is 0.208 e. The Morgan fingerprint density at radius 2 is 2.35 bits per heavy atom. The molecule has 5 N–H and O–H groups in total. The molecule has 0 bridgehead atoms. The van der Waals surface area contributed by atoms with Gasteiger partial charge in [-0.05, 0) is 13.0 Å². The van der Waals surface area contributed by atoms with Crippen molar-refractivity contribution >= 4 is 11.8 Å². The first-order chi connectivity index (χ1) is 8.08. The fourth-order valence-corrected chi connectivity index (χ4v) is 1.33. The lowest BCUT2D eigenvalue weighted by Crippen LogP contribution is -2.24. The van der Waals surface area contributed by atoms with Crippen molar-refractivity contribution in [2.45, 2.75) is 13.5 Å². The summed E-state index contributed by atoms with van der Waals surface area (Å²) in [5, 5.41) is 12.7. The lowest BCUT2D eigenvalue weighted by molar-refractivity contribution is 0.184. The second-order valence-electron chi connectivity index (χ2n) is 3.34. The summed E-state index contributed by atoms with van der Waals surface area (Å²) in [6.45, 7) is 2.13. The fraction of sp³-hybridized carbons (Fsp3) is 0.300. The van der Waals surface area contributed by atoms with Crippen LogP contribution in [-0.4, -0.2) is 18.1 Å². The number of aromatic nitrogens is 1. The molecule has 1 rings (SSSR count). The highest BCUT2D eigenvalue weighted by Crippen LogP contribution is 2.19. The predicted octanol–water partition coefficient (Wildman–Crippen LogP) is 0.00840. The molecule has 90 valence electrons. The van der Waals surface area contributed by atoms with Gasteiger partial charge in [-0.3, -0.25) is 5.43 Å². The molecule has 0 unspecified atom stereocenters. The summed E-state index contributed by atoms with van der Waals surface area (Å²) in [5.74, 6) is 0.179. The first-order valence-corrected chi connectivity index (χ1v) is 4.82. The van der Waals surface area contributed by atoms with E-state index in [1.807, 2.05) is 6.07 Å². The van der Waals surface area contributed by atoms with Gasteiger partial charge in [0.05, 0.1) is 6.61 Å². The number of anilines is 1. The van der Waals surface area contributed by atoms with Gasteiger partial charge in [0, 0.05) is 18.4 Å². The fourth-order valence-electron chi connectivity index (χ4n) is 1.33. The molecule has 0 spiro atoms. The second kappa shape index (κ2) is 5.67. The van der Waals surface area contributed by atoms with Crippen LogP contribution in [0.1, 0.15) is 16.8 Å². The van der Waals surface area contributed by atoms with Crippen LogP contribution in [0.5, 0.6) is 0 Å². The van der Waals surface area contributed by atoms with Gasteiger partial charge in [-0.15, -0.1) is 5.10 Å². The zero-order valence-electron chi connectivity index (χ0n) is 9.69. The van der Waals surface area contributed by atoms with Crippen molar-refractivity contribution in [2.24, 2.45) is 16.6 Å². The van der Waals surface area contributed by atoms with E-state index in [1.165, 1.54) is 0 Å². The molecule has 0 radical (unpaired) electrons. The molecule has 1 heterocycles. The van der Waals surface area contributed by atoms with Crippen LogP contribution in [-0.2, 0) is 11.3 Å². The third kappa shape index (κ3) is 3.32. The van der Waals surface area contributed by atoms with Crippen LogP contribution in [0.3, 0.4) is 0 Å². The number of guanidine groups is 1. The Balaban J connectivity index is 3.19. The summed E-state index contributed by atoms with van der Waals surface area (Å²) < 4.78 is 5.01. The number of pyridine rings is 1. The normalized spacial score (nSPS) is 9.47. The Labute approximate surface area is 99.1 Å². The highest BCUT2D eigenvalue weighted by Gasteiger charge is 2.10. The molecule has 7 nitrogen and oxygen atoms in total. The minimum absolute atomic E-state index is 0.134. The van der Waals surface area contributed by atoms with E-state index < -0.39 is 0 Å². The Kier molecular flexibility index (Phi) is 4.25. The van der Waals surface area contributed by atoms with Crippen molar-refractivity contribution in [2.75, 3.05) is 12.5 Å². The van der Waals surface area contributed by atoms with E-state index in [0.717, 1.165) is 11.3 Å². The molecule has 1 aromatic heterocycles. The monoisotopic (exact) mass is 234 g/mol. The van der Waals surface area contributed by atoms with Crippen molar-refractivity contribution in [3.63, 3.8) is 0 Å². The van der Waals surface area contributed by atoms with E-state index >= 15 is 0 Å². The molecular formula is C10H14N6O. The van der Waals surface area contributed by atoms with E-state index in [9.17, 15) is 0 Å². The van der Waals surface area contributed by atoms with E-state index in [0.29, 0.717) is 18.0 Å². The topological polar surface area (TPSA) is 122 Å². The molecule has 0 aliphatic carbocycles. The third-order valence-corrected chi connectivity index (χ3v) is 1.93. The molecule has 0 fully saturated rings. The second-order valence-corrected chi connectivity index (χ2v) is 3.34. The number of nitrogens with zero attached hydrogens (tertiary/aromatic N) is 3. The summed E-state index contributed by atoms with van der Waals surface area (Å²) >= 11 is 0. The van der Waals surface area contributed by atoms with Crippen molar-refractivity contribution in [3.8, 4) is 6.07 Å². The zero-order valence-corrected chi connectivity index (χ0v) is 9.69. The van der Waals surface area contributed by atoms with Crippen molar-refractivity contribution < 1.29 is 4.74 Å². The smallest absolute Gasteiger partial charge is 0.208 e. The standard InChI is InChI=1S/C10H14N6O/c1-6-3-7(5-17-2)8(4-11)9(14-6)15-16-10(12)13/h3H,5H2,1-2H3,(H,14,15)(H4,12,13,16). The van der Waals surface area contributed by atoms with Gasteiger partial charge >= 0.3 is 0 Å². The number of nitrogens with one attached hydrogen (secondary N) is 1. The molecule has 0 amide bonds. The number of aryl methyl sites for hydroxylation is 1. The Morgan fingerprint density at radius 1 is 1.65 bits per heavy atom. The largest absolute Gasteiger partial charge is 0.380 e. The summed E-state index contributed by atoms with van der Waals surface area (Å²) in [7, 11) is 1.56.